The average molecular weight is 334 g/mol. The topological polar surface area (TPSA) is 32.3 Å². The van der Waals surface area contributed by atoms with Crippen LogP contribution >= 0.6 is 0 Å². The number of hydrogen-bond donors (Lipinski definition) is 1. The molecule has 6 heteroatoms. The van der Waals surface area contributed by atoms with E-state index in [1.54, 1.807) is 30.3 Å². The lowest BCUT2D eigenvalue weighted by atomic mass is 9.99. The molecule has 0 aromatic heterocycles. The predicted molar refractivity (Wildman–Crippen MR) is 85.6 cm³/mol. The third-order valence-electron chi connectivity index (χ3n) is 4.05. The van der Waals surface area contributed by atoms with Crippen molar-refractivity contribution in [2.75, 3.05) is 11.9 Å². The number of nitrogens with zero attached hydrogens (tertiary/aromatic N) is 1. The van der Waals surface area contributed by atoms with Crippen LogP contribution in [0.2, 0.25) is 0 Å². The number of halogens is 3. The van der Waals surface area contributed by atoms with Gasteiger partial charge in [-0.05, 0) is 24.6 Å². The Labute approximate surface area is 138 Å². The molecule has 1 aliphatic rings. The average Bonchev–Trinajstić information content (AvgIpc) is 2.56. The van der Waals surface area contributed by atoms with Crippen LogP contribution < -0.4 is 5.32 Å². The summed E-state index contributed by atoms with van der Waals surface area (Å²) in [6.45, 7) is 2.26. The third-order valence-corrected chi connectivity index (χ3v) is 4.05. The summed E-state index contributed by atoms with van der Waals surface area (Å²) < 4.78 is 40.1. The first-order valence-electron chi connectivity index (χ1n) is 7.76. The van der Waals surface area contributed by atoms with Gasteiger partial charge in [0.05, 0.1) is 11.1 Å². The molecule has 1 amide bonds. The van der Waals surface area contributed by atoms with E-state index < -0.39 is 17.9 Å². The van der Waals surface area contributed by atoms with Crippen LogP contribution in [0.5, 0.6) is 0 Å². The van der Waals surface area contributed by atoms with E-state index in [0.29, 0.717) is 24.2 Å². The molecule has 24 heavy (non-hydrogen) atoms. The number of rotatable bonds is 3. The van der Waals surface area contributed by atoms with Crippen LogP contribution in [0.15, 0.2) is 48.5 Å². The zero-order valence-electron chi connectivity index (χ0n) is 13.1. The van der Waals surface area contributed by atoms with Crippen molar-refractivity contribution >= 4 is 11.6 Å². The lowest BCUT2D eigenvalue weighted by Crippen LogP contribution is -2.44. The molecule has 0 saturated heterocycles. The van der Waals surface area contributed by atoms with Crippen molar-refractivity contribution in [3.8, 4) is 0 Å². The largest absolute Gasteiger partial charge is 0.416 e. The molecule has 0 bridgehead atoms. The molecule has 0 aliphatic carbocycles. The van der Waals surface area contributed by atoms with Crippen molar-refractivity contribution in [2.45, 2.75) is 25.7 Å². The van der Waals surface area contributed by atoms with Crippen molar-refractivity contribution < 1.29 is 18.0 Å². The number of fused-ring (bicyclic) bond motifs is 1. The Balaban J connectivity index is 2.12. The van der Waals surface area contributed by atoms with E-state index in [9.17, 15) is 18.0 Å². The minimum atomic E-state index is -4.48. The molecule has 1 aliphatic heterocycles. The Morgan fingerprint density at radius 1 is 1.08 bits per heavy atom. The van der Waals surface area contributed by atoms with E-state index in [2.05, 4.69) is 5.32 Å². The summed E-state index contributed by atoms with van der Waals surface area (Å²) in [5.41, 5.74) is 0.362. The van der Waals surface area contributed by atoms with Gasteiger partial charge in [-0.1, -0.05) is 37.3 Å². The Morgan fingerprint density at radius 3 is 2.46 bits per heavy atom. The van der Waals surface area contributed by atoms with Crippen LogP contribution in [0.3, 0.4) is 0 Å². The van der Waals surface area contributed by atoms with Gasteiger partial charge in [-0.15, -0.1) is 0 Å². The highest BCUT2D eigenvalue weighted by molar-refractivity contribution is 6.01. The number of carbonyl (C=O) groups excluding carboxylic acids is 1. The summed E-state index contributed by atoms with van der Waals surface area (Å²) in [4.78, 5) is 14.2. The molecule has 0 spiro atoms. The fraction of sp³-hybridized carbons (Fsp3) is 0.278. The van der Waals surface area contributed by atoms with Gasteiger partial charge in [0.25, 0.3) is 5.91 Å². The second-order valence-electron chi connectivity index (χ2n) is 5.68. The predicted octanol–water partition coefficient (Wildman–Crippen LogP) is 4.68. The van der Waals surface area contributed by atoms with Crippen LogP contribution in [0.1, 0.15) is 41.0 Å². The highest BCUT2D eigenvalue weighted by atomic mass is 19.4. The van der Waals surface area contributed by atoms with E-state index in [1.807, 2.05) is 6.92 Å². The molecule has 0 radical (unpaired) electrons. The van der Waals surface area contributed by atoms with Gasteiger partial charge in [-0.25, -0.2) is 0 Å². The van der Waals surface area contributed by atoms with Crippen LogP contribution in [-0.2, 0) is 6.18 Å². The Bertz CT molecular complexity index is 758. The maximum absolute atomic E-state index is 13.4. The fourth-order valence-corrected chi connectivity index (χ4v) is 3.00. The third kappa shape index (κ3) is 2.84. The Hall–Kier alpha value is -2.50. The number of nitrogens with one attached hydrogen (secondary N) is 1. The SMILES string of the molecule is CCCN1C(=O)c2ccccc2N[C@@H]1c1ccccc1C(F)(F)F. The van der Waals surface area contributed by atoms with Crippen LogP contribution in [0.25, 0.3) is 0 Å². The molecule has 3 rings (SSSR count). The molecule has 1 N–H and O–H groups in total. The van der Waals surface area contributed by atoms with Gasteiger partial charge in [-0.3, -0.25) is 4.79 Å². The van der Waals surface area contributed by atoms with E-state index in [1.165, 1.54) is 17.0 Å². The van der Waals surface area contributed by atoms with Gasteiger partial charge in [-0.2, -0.15) is 13.2 Å². The van der Waals surface area contributed by atoms with Crippen LogP contribution in [0.4, 0.5) is 18.9 Å². The number of para-hydroxylation sites is 1. The summed E-state index contributed by atoms with van der Waals surface area (Å²) in [5, 5.41) is 3.10. The van der Waals surface area contributed by atoms with Gasteiger partial charge < -0.3 is 10.2 Å². The van der Waals surface area contributed by atoms with Crippen molar-refractivity contribution in [2.24, 2.45) is 0 Å². The monoisotopic (exact) mass is 334 g/mol. The number of alkyl halides is 3. The Morgan fingerprint density at radius 2 is 1.75 bits per heavy atom. The zero-order chi connectivity index (χ0) is 17.3. The van der Waals surface area contributed by atoms with E-state index >= 15 is 0 Å². The summed E-state index contributed by atoms with van der Waals surface area (Å²) in [5.74, 6) is -0.256. The summed E-state index contributed by atoms with van der Waals surface area (Å²) in [7, 11) is 0. The van der Waals surface area contributed by atoms with Crippen molar-refractivity contribution in [3.05, 3.63) is 65.2 Å². The van der Waals surface area contributed by atoms with Gasteiger partial charge in [0.2, 0.25) is 0 Å². The number of hydrogen-bond acceptors (Lipinski definition) is 2. The summed E-state index contributed by atoms with van der Waals surface area (Å²) in [6.07, 6.45) is -4.67. The van der Waals surface area contributed by atoms with Crippen molar-refractivity contribution in [3.63, 3.8) is 0 Å². The van der Waals surface area contributed by atoms with Gasteiger partial charge in [0.15, 0.2) is 0 Å². The van der Waals surface area contributed by atoms with E-state index in [-0.39, 0.29) is 11.5 Å². The number of benzene rings is 2. The first-order valence-corrected chi connectivity index (χ1v) is 7.76. The lowest BCUT2D eigenvalue weighted by Gasteiger charge is -2.39. The number of anilines is 1. The molecule has 2 aromatic carbocycles. The highest BCUT2D eigenvalue weighted by Gasteiger charge is 2.39. The molecule has 0 fully saturated rings. The standard InChI is InChI=1S/C18H17F3N2O/c1-2-11-23-16(12-7-3-5-9-14(12)18(19,20)21)22-15-10-6-4-8-13(15)17(23)24/h3-10,16,22H,2,11H2,1H3/t16-/m0/s1. The molecule has 1 atom stereocenters. The molecule has 0 unspecified atom stereocenters. The second kappa shape index (κ2) is 6.19. The molecule has 0 saturated carbocycles. The van der Waals surface area contributed by atoms with E-state index in [4.69, 9.17) is 0 Å². The first kappa shape index (κ1) is 16.4. The van der Waals surface area contributed by atoms with Crippen LogP contribution in [-0.4, -0.2) is 17.4 Å². The first-order chi connectivity index (χ1) is 11.4. The molecule has 3 nitrogen and oxygen atoms in total. The minimum Gasteiger partial charge on any atom is -0.361 e. The summed E-state index contributed by atoms with van der Waals surface area (Å²) >= 11 is 0. The fourth-order valence-electron chi connectivity index (χ4n) is 3.00. The lowest BCUT2D eigenvalue weighted by molar-refractivity contribution is -0.138. The minimum absolute atomic E-state index is 0.0568. The van der Waals surface area contributed by atoms with E-state index in [0.717, 1.165) is 6.07 Å². The van der Waals surface area contributed by atoms with Gasteiger partial charge >= 0.3 is 6.18 Å². The zero-order valence-corrected chi connectivity index (χ0v) is 13.1. The highest BCUT2D eigenvalue weighted by Crippen LogP contribution is 2.39. The maximum atomic E-state index is 13.4. The molecular formula is C18H17F3N2O. The summed E-state index contributed by atoms with van der Waals surface area (Å²) in [6, 6.07) is 12.3. The molecule has 1 heterocycles. The quantitative estimate of drug-likeness (QED) is 0.884. The van der Waals surface area contributed by atoms with Gasteiger partial charge in [0, 0.05) is 17.8 Å². The second-order valence-corrected chi connectivity index (χ2v) is 5.68. The molecule has 126 valence electrons. The van der Waals surface area contributed by atoms with Crippen LogP contribution in [0, 0.1) is 0 Å². The normalized spacial score (nSPS) is 17.4. The van der Waals surface area contributed by atoms with Gasteiger partial charge in [0.1, 0.15) is 6.17 Å². The maximum Gasteiger partial charge on any atom is 0.416 e. The van der Waals surface area contributed by atoms with Crippen molar-refractivity contribution in [1.29, 1.82) is 0 Å². The molecular weight excluding hydrogens is 317 g/mol. The van der Waals surface area contributed by atoms with Crippen molar-refractivity contribution in [1.82, 2.24) is 4.90 Å². The Kier molecular flexibility index (Phi) is 4.22. The number of carbonyl (C=O) groups is 1. The molecule has 2 aromatic rings. The smallest absolute Gasteiger partial charge is 0.361 e. The number of amides is 1.